The SMILES string of the molecule is C(=Cc1ccccc1)CN1CC=C(c2ccc(Oc3ccccc3)cc2)CC1. The first-order valence-electron chi connectivity index (χ1n) is 9.83. The maximum atomic E-state index is 5.88. The average molecular weight is 367 g/mol. The zero-order chi connectivity index (χ0) is 19.0. The van der Waals surface area contributed by atoms with E-state index in [1.165, 1.54) is 16.7 Å². The fourth-order valence-electron chi connectivity index (χ4n) is 3.40. The number of para-hydroxylation sites is 1. The van der Waals surface area contributed by atoms with Crippen LogP contribution in [0.4, 0.5) is 0 Å². The van der Waals surface area contributed by atoms with E-state index < -0.39 is 0 Å². The molecule has 0 saturated heterocycles. The lowest BCUT2D eigenvalue weighted by Gasteiger charge is -2.25. The van der Waals surface area contributed by atoms with E-state index in [9.17, 15) is 0 Å². The number of benzene rings is 3. The van der Waals surface area contributed by atoms with Crippen molar-refractivity contribution in [2.45, 2.75) is 6.42 Å². The van der Waals surface area contributed by atoms with E-state index in [-0.39, 0.29) is 0 Å². The quantitative estimate of drug-likeness (QED) is 0.508. The molecule has 0 spiro atoms. The standard InChI is InChI=1S/C26H25NO/c1-3-8-22(9-4-1)10-7-19-27-20-17-24(18-21-27)23-13-15-26(16-14-23)28-25-11-5-2-6-12-25/h1-17H,18-21H2. The molecule has 0 fully saturated rings. The molecule has 0 unspecified atom stereocenters. The summed E-state index contributed by atoms with van der Waals surface area (Å²) < 4.78 is 5.88. The fourth-order valence-corrected chi connectivity index (χ4v) is 3.40. The second-order valence-electron chi connectivity index (χ2n) is 6.99. The third-order valence-corrected chi connectivity index (χ3v) is 4.97. The first-order chi connectivity index (χ1) is 13.9. The molecule has 0 aliphatic carbocycles. The van der Waals surface area contributed by atoms with Gasteiger partial charge in [-0.3, -0.25) is 4.90 Å². The molecule has 0 saturated carbocycles. The van der Waals surface area contributed by atoms with Crippen LogP contribution in [0.25, 0.3) is 11.6 Å². The maximum Gasteiger partial charge on any atom is 0.127 e. The van der Waals surface area contributed by atoms with Gasteiger partial charge in [-0.2, -0.15) is 0 Å². The molecule has 140 valence electrons. The second-order valence-corrected chi connectivity index (χ2v) is 6.99. The molecular formula is C26H25NO. The molecule has 0 atom stereocenters. The molecular weight excluding hydrogens is 342 g/mol. The minimum Gasteiger partial charge on any atom is -0.457 e. The van der Waals surface area contributed by atoms with Gasteiger partial charge in [0.15, 0.2) is 0 Å². The van der Waals surface area contributed by atoms with Crippen molar-refractivity contribution in [1.82, 2.24) is 4.90 Å². The predicted molar refractivity (Wildman–Crippen MR) is 117 cm³/mol. The molecule has 4 rings (SSSR count). The summed E-state index contributed by atoms with van der Waals surface area (Å²) in [6.45, 7) is 3.08. The molecule has 0 radical (unpaired) electrons. The van der Waals surface area contributed by atoms with Crippen LogP contribution >= 0.6 is 0 Å². The summed E-state index contributed by atoms with van der Waals surface area (Å²) in [6.07, 6.45) is 7.89. The van der Waals surface area contributed by atoms with Crippen molar-refractivity contribution in [3.63, 3.8) is 0 Å². The summed E-state index contributed by atoms with van der Waals surface area (Å²) >= 11 is 0. The molecule has 0 aromatic heterocycles. The van der Waals surface area contributed by atoms with Gasteiger partial charge < -0.3 is 4.74 Å². The number of hydrogen-bond acceptors (Lipinski definition) is 2. The van der Waals surface area contributed by atoms with Crippen molar-refractivity contribution in [3.8, 4) is 11.5 Å². The van der Waals surface area contributed by atoms with E-state index in [4.69, 9.17) is 4.74 Å². The van der Waals surface area contributed by atoms with Crippen LogP contribution in [0.1, 0.15) is 17.5 Å². The molecule has 3 aromatic carbocycles. The van der Waals surface area contributed by atoms with Crippen LogP contribution in [0.15, 0.2) is 97.1 Å². The van der Waals surface area contributed by atoms with E-state index in [0.717, 1.165) is 37.6 Å². The summed E-state index contributed by atoms with van der Waals surface area (Å²) in [4.78, 5) is 2.47. The smallest absolute Gasteiger partial charge is 0.127 e. The van der Waals surface area contributed by atoms with Crippen LogP contribution in [0.3, 0.4) is 0 Å². The number of nitrogens with zero attached hydrogens (tertiary/aromatic N) is 1. The summed E-state index contributed by atoms with van der Waals surface area (Å²) in [5.41, 5.74) is 3.97. The first-order valence-corrected chi connectivity index (χ1v) is 9.83. The Hall–Kier alpha value is -3.10. The Bertz CT molecular complexity index is 927. The minimum absolute atomic E-state index is 0.867. The molecule has 2 heteroatoms. The zero-order valence-electron chi connectivity index (χ0n) is 16.0. The van der Waals surface area contributed by atoms with Crippen molar-refractivity contribution in [1.29, 1.82) is 0 Å². The van der Waals surface area contributed by atoms with Gasteiger partial charge in [0.25, 0.3) is 0 Å². The van der Waals surface area contributed by atoms with Crippen molar-refractivity contribution in [2.75, 3.05) is 19.6 Å². The van der Waals surface area contributed by atoms with Gasteiger partial charge in [0, 0.05) is 19.6 Å². The molecule has 0 amide bonds. The molecule has 0 bridgehead atoms. The Kier molecular flexibility index (Phi) is 6.01. The number of hydrogen-bond donors (Lipinski definition) is 0. The van der Waals surface area contributed by atoms with Crippen molar-refractivity contribution in [3.05, 3.63) is 108 Å². The van der Waals surface area contributed by atoms with Crippen LogP contribution in [0.2, 0.25) is 0 Å². The van der Waals surface area contributed by atoms with Gasteiger partial charge >= 0.3 is 0 Å². The van der Waals surface area contributed by atoms with Crippen molar-refractivity contribution >= 4 is 11.6 Å². The Balaban J connectivity index is 1.31. The van der Waals surface area contributed by atoms with Crippen LogP contribution < -0.4 is 4.74 Å². The summed E-state index contributed by atoms with van der Waals surface area (Å²) in [5, 5.41) is 0. The topological polar surface area (TPSA) is 12.5 Å². The van der Waals surface area contributed by atoms with Crippen LogP contribution in [0.5, 0.6) is 11.5 Å². The largest absolute Gasteiger partial charge is 0.457 e. The highest BCUT2D eigenvalue weighted by molar-refractivity contribution is 5.67. The molecule has 1 aliphatic heterocycles. The monoisotopic (exact) mass is 367 g/mol. The Labute approximate surface area is 167 Å². The highest BCUT2D eigenvalue weighted by Gasteiger charge is 2.12. The average Bonchev–Trinajstić information content (AvgIpc) is 2.76. The number of ether oxygens (including phenoxy) is 1. The maximum absolute atomic E-state index is 5.88. The minimum atomic E-state index is 0.867. The Morgan fingerprint density at radius 2 is 1.46 bits per heavy atom. The lowest BCUT2D eigenvalue weighted by Crippen LogP contribution is -2.28. The molecule has 2 nitrogen and oxygen atoms in total. The highest BCUT2D eigenvalue weighted by atomic mass is 16.5. The first kappa shape index (κ1) is 18.3. The van der Waals surface area contributed by atoms with Crippen molar-refractivity contribution < 1.29 is 4.74 Å². The van der Waals surface area contributed by atoms with Gasteiger partial charge in [0.1, 0.15) is 11.5 Å². The van der Waals surface area contributed by atoms with E-state index >= 15 is 0 Å². The lowest BCUT2D eigenvalue weighted by molar-refractivity contribution is 0.335. The molecule has 1 heterocycles. The molecule has 3 aromatic rings. The number of rotatable bonds is 6. The van der Waals surface area contributed by atoms with E-state index in [2.05, 4.69) is 77.7 Å². The van der Waals surface area contributed by atoms with Gasteiger partial charge in [0.05, 0.1) is 0 Å². The fraction of sp³-hybridized carbons (Fsp3) is 0.154. The van der Waals surface area contributed by atoms with E-state index in [0.29, 0.717) is 0 Å². The van der Waals surface area contributed by atoms with Gasteiger partial charge in [-0.05, 0) is 47.4 Å². The highest BCUT2D eigenvalue weighted by Crippen LogP contribution is 2.26. The summed E-state index contributed by atoms with van der Waals surface area (Å²) in [7, 11) is 0. The third-order valence-electron chi connectivity index (χ3n) is 4.97. The van der Waals surface area contributed by atoms with E-state index in [1.54, 1.807) is 0 Å². The predicted octanol–water partition coefficient (Wildman–Crippen LogP) is 6.28. The van der Waals surface area contributed by atoms with Gasteiger partial charge in [-0.25, -0.2) is 0 Å². The second kappa shape index (κ2) is 9.20. The van der Waals surface area contributed by atoms with Gasteiger partial charge in [-0.15, -0.1) is 0 Å². The van der Waals surface area contributed by atoms with Crippen molar-refractivity contribution in [2.24, 2.45) is 0 Å². The molecule has 1 aliphatic rings. The van der Waals surface area contributed by atoms with Crippen LogP contribution in [0, 0.1) is 0 Å². The summed E-state index contributed by atoms with van der Waals surface area (Å²) in [6, 6.07) is 28.8. The van der Waals surface area contributed by atoms with Crippen LogP contribution in [-0.4, -0.2) is 24.5 Å². The Morgan fingerprint density at radius 3 is 2.14 bits per heavy atom. The van der Waals surface area contributed by atoms with Crippen LogP contribution in [-0.2, 0) is 0 Å². The lowest BCUT2D eigenvalue weighted by atomic mass is 9.99. The summed E-state index contributed by atoms with van der Waals surface area (Å²) in [5.74, 6) is 1.74. The van der Waals surface area contributed by atoms with Gasteiger partial charge in [0.2, 0.25) is 0 Å². The third kappa shape index (κ3) is 4.99. The normalized spacial score (nSPS) is 14.8. The zero-order valence-corrected chi connectivity index (χ0v) is 16.0. The van der Waals surface area contributed by atoms with E-state index in [1.807, 2.05) is 30.3 Å². The molecule has 28 heavy (non-hydrogen) atoms. The molecule has 0 N–H and O–H groups in total. The van der Waals surface area contributed by atoms with Gasteiger partial charge in [-0.1, -0.05) is 78.9 Å². The Morgan fingerprint density at radius 1 is 0.786 bits per heavy atom.